The van der Waals surface area contributed by atoms with Gasteiger partial charge in [0.1, 0.15) is 6.29 Å². The van der Waals surface area contributed by atoms with Crippen LogP contribution in [-0.2, 0) is 0 Å². The molecule has 222 valence electrons. The molecule has 1 amide bonds. The maximum absolute atomic E-state index is 12.6. The Morgan fingerprint density at radius 2 is 1.44 bits per heavy atom. The van der Waals surface area contributed by atoms with E-state index in [-0.39, 0.29) is 17.6 Å². The molecule has 0 spiro atoms. The highest BCUT2D eigenvalue weighted by atomic mass is 16.6. The van der Waals surface area contributed by atoms with Crippen molar-refractivity contribution < 1.29 is 14.5 Å². The molecule has 0 bridgehead atoms. The fourth-order valence-corrected chi connectivity index (χ4v) is 5.37. The number of nitrogens with zero attached hydrogens (tertiary/aromatic N) is 5. The van der Waals surface area contributed by atoms with Crippen LogP contribution in [0.3, 0.4) is 0 Å². The Bertz CT molecular complexity index is 1460. The molecule has 0 saturated carbocycles. The van der Waals surface area contributed by atoms with E-state index in [1.54, 1.807) is 12.4 Å². The lowest BCUT2D eigenvalue weighted by Crippen LogP contribution is -2.30. The number of aryl methyl sites for hydroxylation is 1. The van der Waals surface area contributed by atoms with Crippen LogP contribution in [0.15, 0.2) is 97.6 Å². The number of rotatable bonds is 5. The van der Waals surface area contributed by atoms with Crippen molar-refractivity contribution in [2.75, 3.05) is 20.1 Å². The van der Waals surface area contributed by atoms with Gasteiger partial charge in [0, 0.05) is 60.6 Å². The number of likely N-dealkylation sites (tertiary alicyclic amines) is 2. The Hall–Kier alpha value is -4.76. The zero-order valence-electron chi connectivity index (χ0n) is 24.6. The van der Waals surface area contributed by atoms with Gasteiger partial charge in [0.15, 0.2) is 0 Å². The molecule has 2 aromatic carbocycles. The number of aromatic nitrogens is 2. The van der Waals surface area contributed by atoms with Gasteiger partial charge in [-0.25, -0.2) is 0 Å². The summed E-state index contributed by atoms with van der Waals surface area (Å²) in [6.45, 7) is 3.91. The SMILES string of the molecule is CN1CCCC1c1cccnc1.Cc1ccc(C=O)cc1.O=C(c1ccc([N+](=O)[O-])cc1)N1CCCC1c1cccnc1. The molecule has 0 radical (unpaired) electrons. The smallest absolute Gasteiger partial charge is 0.269 e. The average Bonchev–Trinajstić information content (AvgIpc) is 3.72. The number of nitro groups is 1. The van der Waals surface area contributed by atoms with Crippen molar-refractivity contribution in [2.45, 2.75) is 44.7 Å². The largest absolute Gasteiger partial charge is 0.332 e. The van der Waals surface area contributed by atoms with E-state index in [2.05, 4.69) is 28.0 Å². The molecule has 0 N–H and O–H groups in total. The maximum Gasteiger partial charge on any atom is 0.269 e. The van der Waals surface area contributed by atoms with Crippen LogP contribution < -0.4 is 0 Å². The van der Waals surface area contributed by atoms with Gasteiger partial charge in [0.25, 0.3) is 11.6 Å². The van der Waals surface area contributed by atoms with Gasteiger partial charge >= 0.3 is 0 Å². The molecule has 2 aromatic heterocycles. The molecule has 2 saturated heterocycles. The zero-order chi connectivity index (χ0) is 30.6. The van der Waals surface area contributed by atoms with E-state index in [9.17, 15) is 19.7 Å². The molecule has 9 nitrogen and oxygen atoms in total. The number of hydrogen-bond acceptors (Lipinski definition) is 7. The van der Waals surface area contributed by atoms with Crippen molar-refractivity contribution in [2.24, 2.45) is 0 Å². The standard InChI is InChI=1S/C16H15N3O3.C10H14N2.C8H8O/c20-16(12-5-7-14(8-6-12)19(21)22)18-10-2-4-15(18)13-3-1-9-17-11-13;1-12-7-3-5-10(12)9-4-2-6-11-8-9;1-7-2-4-8(6-9)5-3-7/h1,3,5-9,11,15H,2,4,10H2;2,4,6,8,10H,3,5,7H2,1H3;2-6H,1H3. The van der Waals surface area contributed by atoms with E-state index in [0.29, 0.717) is 18.2 Å². The monoisotopic (exact) mass is 579 g/mol. The Morgan fingerprint density at radius 3 is 1.95 bits per heavy atom. The first kappa shape index (κ1) is 31.2. The highest BCUT2D eigenvalue weighted by molar-refractivity contribution is 5.94. The molecule has 2 aliphatic heterocycles. The van der Waals surface area contributed by atoms with E-state index >= 15 is 0 Å². The summed E-state index contributed by atoms with van der Waals surface area (Å²) in [6, 6.07) is 21.9. The van der Waals surface area contributed by atoms with Gasteiger partial charge in [0.2, 0.25) is 0 Å². The van der Waals surface area contributed by atoms with Crippen LogP contribution in [0.4, 0.5) is 5.69 Å². The Labute approximate surface area is 252 Å². The molecule has 4 aromatic rings. The predicted molar refractivity (Wildman–Crippen MR) is 166 cm³/mol. The average molecular weight is 580 g/mol. The highest BCUT2D eigenvalue weighted by Gasteiger charge is 2.30. The molecule has 2 fully saturated rings. The predicted octanol–water partition coefficient (Wildman–Crippen LogP) is 6.62. The Balaban J connectivity index is 0.000000168. The van der Waals surface area contributed by atoms with Crippen LogP contribution in [-0.4, -0.2) is 57.0 Å². The van der Waals surface area contributed by atoms with Gasteiger partial charge in [-0.05, 0) is 81.6 Å². The second-order valence-electron chi connectivity index (χ2n) is 10.7. The summed E-state index contributed by atoms with van der Waals surface area (Å²) in [7, 11) is 2.19. The molecule has 2 aliphatic rings. The van der Waals surface area contributed by atoms with Gasteiger partial charge in [-0.2, -0.15) is 0 Å². The summed E-state index contributed by atoms with van der Waals surface area (Å²) in [5, 5.41) is 10.7. The molecule has 4 heterocycles. The maximum atomic E-state index is 12.6. The van der Waals surface area contributed by atoms with E-state index < -0.39 is 4.92 Å². The minimum atomic E-state index is -0.470. The van der Waals surface area contributed by atoms with Crippen molar-refractivity contribution in [1.82, 2.24) is 19.8 Å². The normalized spacial score (nSPS) is 17.7. The van der Waals surface area contributed by atoms with Crippen LogP contribution in [0.1, 0.15) is 75.2 Å². The second-order valence-corrected chi connectivity index (χ2v) is 10.7. The summed E-state index contributed by atoms with van der Waals surface area (Å²) < 4.78 is 0. The van der Waals surface area contributed by atoms with Crippen LogP contribution in [0.25, 0.3) is 0 Å². The lowest BCUT2D eigenvalue weighted by molar-refractivity contribution is -0.384. The molecule has 9 heteroatoms. The van der Waals surface area contributed by atoms with E-state index in [1.807, 2.05) is 66.7 Å². The van der Waals surface area contributed by atoms with Crippen LogP contribution in [0, 0.1) is 17.0 Å². The highest BCUT2D eigenvalue weighted by Crippen LogP contribution is 2.33. The number of carbonyl (C=O) groups is 2. The van der Waals surface area contributed by atoms with Gasteiger partial charge in [-0.1, -0.05) is 42.0 Å². The summed E-state index contributed by atoms with van der Waals surface area (Å²) in [5.74, 6) is -0.0961. The number of hydrogen-bond donors (Lipinski definition) is 0. The van der Waals surface area contributed by atoms with Crippen molar-refractivity contribution in [3.63, 3.8) is 0 Å². The second kappa shape index (κ2) is 15.5. The van der Waals surface area contributed by atoms with Crippen molar-refractivity contribution in [1.29, 1.82) is 0 Å². The van der Waals surface area contributed by atoms with Gasteiger partial charge in [-0.3, -0.25) is 34.6 Å². The lowest BCUT2D eigenvalue weighted by atomic mass is 10.1. The number of benzene rings is 2. The van der Waals surface area contributed by atoms with Gasteiger partial charge < -0.3 is 4.90 Å². The molecule has 43 heavy (non-hydrogen) atoms. The summed E-state index contributed by atoms with van der Waals surface area (Å²) in [6.07, 6.45) is 12.6. The first-order valence-corrected chi connectivity index (χ1v) is 14.4. The minimum Gasteiger partial charge on any atom is -0.332 e. The molecule has 2 unspecified atom stereocenters. The minimum absolute atomic E-state index is 0.0122. The van der Waals surface area contributed by atoms with Crippen LogP contribution >= 0.6 is 0 Å². The molecular weight excluding hydrogens is 542 g/mol. The fraction of sp³-hybridized carbons (Fsp3) is 0.294. The third-order valence-electron chi connectivity index (χ3n) is 7.71. The third kappa shape index (κ3) is 8.62. The Kier molecular flexibility index (Phi) is 11.2. The Morgan fingerprint density at radius 1 is 0.860 bits per heavy atom. The van der Waals surface area contributed by atoms with Crippen molar-refractivity contribution in [3.05, 3.63) is 136 Å². The number of non-ortho nitro benzene ring substituents is 1. The molecule has 2 atom stereocenters. The molecule has 6 rings (SSSR count). The van der Waals surface area contributed by atoms with Gasteiger partial charge in [-0.15, -0.1) is 0 Å². The fourth-order valence-electron chi connectivity index (χ4n) is 5.37. The molecule has 0 aliphatic carbocycles. The number of amides is 1. The first-order valence-electron chi connectivity index (χ1n) is 14.4. The number of nitro benzene ring substituents is 1. The number of pyridine rings is 2. The summed E-state index contributed by atoms with van der Waals surface area (Å²) >= 11 is 0. The number of aldehydes is 1. The van der Waals surface area contributed by atoms with E-state index in [4.69, 9.17) is 0 Å². The zero-order valence-corrected chi connectivity index (χ0v) is 24.6. The van der Waals surface area contributed by atoms with Crippen LogP contribution in [0.2, 0.25) is 0 Å². The molecular formula is C34H37N5O4. The van der Waals surface area contributed by atoms with Gasteiger partial charge in [0.05, 0.1) is 11.0 Å². The summed E-state index contributed by atoms with van der Waals surface area (Å²) in [5.41, 5.74) is 4.76. The van der Waals surface area contributed by atoms with Crippen molar-refractivity contribution >= 4 is 17.9 Å². The van der Waals surface area contributed by atoms with E-state index in [1.165, 1.54) is 54.8 Å². The summed E-state index contributed by atoms with van der Waals surface area (Å²) in [4.78, 5) is 45.4. The topological polar surface area (TPSA) is 110 Å². The third-order valence-corrected chi connectivity index (χ3v) is 7.71. The van der Waals surface area contributed by atoms with Crippen LogP contribution in [0.5, 0.6) is 0 Å². The quantitative estimate of drug-likeness (QED) is 0.148. The first-order chi connectivity index (χ1) is 20.9. The van der Waals surface area contributed by atoms with Crippen molar-refractivity contribution in [3.8, 4) is 0 Å². The van der Waals surface area contributed by atoms with E-state index in [0.717, 1.165) is 30.3 Å². The lowest BCUT2D eigenvalue weighted by Gasteiger charge is -2.24. The number of carbonyl (C=O) groups excluding carboxylic acids is 2.